The van der Waals surface area contributed by atoms with Crippen LogP contribution in [0.3, 0.4) is 0 Å². The minimum atomic E-state index is -0.630. The van der Waals surface area contributed by atoms with Crippen LogP contribution in [-0.4, -0.2) is 34.1 Å². The van der Waals surface area contributed by atoms with Gasteiger partial charge in [-0.1, -0.05) is 11.6 Å². The summed E-state index contributed by atoms with van der Waals surface area (Å²) in [4.78, 5) is 25.6. The van der Waals surface area contributed by atoms with Crippen molar-refractivity contribution in [3.8, 4) is 5.69 Å². The fraction of sp³-hybridized carbons (Fsp3) is 0.0909. The van der Waals surface area contributed by atoms with Gasteiger partial charge in [-0.3, -0.25) is 4.79 Å². The normalized spacial score (nSPS) is 10.1. The molecule has 0 unspecified atom stereocenters. The van der Waals surface area contributed by atoms with Crippen LogP contribution in [0.15, 0.2) is 24.5 Å². The highest BCUT2D eigenvalue weighted by Crippen LogP contribution is 2.20. The molecule has 1 aromatic heterocycles. The quantitative estimate of drug-likeness (QED) is 0.621. The summed E-state index contributed by atoms with van der Waals surface area (Å²) in [5.41, 5.74) is 0.974. The number of hydrogen-bond acceptors (Lipinski definition) is 5. The molecule has 1 aromatic carbocycles. The number of rotatable bonds is 3. The van der Waals surface area contributed by atoms with E-state index in [4.69, 9.17) is 11.6 Å². The number of esters is 1. The zero-order valence-corrected chi connectivity index (χ0v) is 10.1. The van der Waals surface area contributed by atoms with E-state index < -0.39 is 5.97 Å². The van der Waals surface area contributed by atoms with E-state index in [0.29, 0.717) is 22.6 Å². The Morgan fingerprint density at radius 3 is 2.89 bits per heavy atom. The maximum absolute atomic E-state index is 11.2. The minimum Gasteiger partial charge on any atom is -0.463 e. The Labute approximate surface area is 107 Å². The van der Waals surface area contributed by atoms with Crippen LogP contribution >= 0.6 is 11.6 Å². The molecule has 0 amide bonds. The fourth-order valence-corrected chi connectivity index (χ4v) is 1.62. The van der Waals surface area contributed by atoms with Crippen molar-refractivity contribution < 1.29 is 14.3 Å². The third-order valence-electron chi connectivity index (χ3n) is 2.21. The van der Waals surface area contributed by atoms with E-state index in [0.717, 1.165) is 0 Å². The molecule has 18 heavy (non-hydrogen) atoms. The molecule has 1 heterocycles. The number of nitrogens with zero attached hydrogens (tertiary/aromatic N) is 3. The Hall–Kier alpha value is -2.21. The first kappa shape index (κ1) is 12.3. The number of carbonyl (C=O) groups excluding carboxylic acids is 2. The van der Waals surface area contributed by atoms with Gasteiger partial charge in [-0.05, 0) is 18.2 Å². The van der Waals surface area contributed by atoms with Gasteiger partial charge in [0.15, 0.2) is 0 Å². The average Bonchev–Trinajstić information content (AvgIpc) is 2.87. The number of benzene rings is 1. The van der Waals surface area contributed by atoms with Crippen molar-refractivity contribution in [3.63, 3.8) is 0 Å². The zero-order valence-electron chi connectivity index (χ0n) is 9.33. The van der Waals surface area contributed by atoms with E-state index in [9.17, 15) is 9.59 Å². The van der Waals surface area contributed by atoms with E-state index in [2.05, 4.69) is 14.8 Å². The van der Waals surface area contributed by atoms with Crippen LogP contribution < -0.4 is 0 Å². The predicted molar refractivity (Wildman–Crippen MR) is 63.1 cm³/mol. The highest BCUT2D eigenvalue weighted by Gasteiger charge is 2.13. The Kier molecular flexibility index (Phi) is 3.38. The number of aromatic nitrogens is 3. The summed E-state index contributed by atoms with van der Waals surface area (Å²) >= 11 is 6.00. The molecule has 92 valence electrons. The Bertz CT molecular complexity index is 609. The Morgan fingerprint density at radius 2 is 2.28 bits per heavy atom. The van der Waals surface area contributed by atoms with E-state index in [1.165, 1.54) is 24.2 Å². The van der Waals surface area contributed by atoms with Gasteiger partial charge in [0.2, 0.25) is 0 Å². The van der Waals surface area contributed by atoms with Gasteiger partial charge in [-0.25, -0.2) is 14.5 Å². The molecule has 0 radical (unpaired) electrons. The van der Waals surface area contributed by atoms with Gasteiger partial charge >= 0.3 is 5.97 Å². The number of ether oxygens (including phenoxy) is 1. The lowest BCUT2D eigenvalue weighted by molar-refractivity contribution is 0.0587. The predicted octanol–water partition coefficient (Wildman–Crippen LogP) is 1.52. The molecule has 2 rings (SSSR count). The molecule has 0 atom stereocenters. The molecular weight excluding hydrogens is 258 g/mol. The van der Waals surface area contributed by atoms with Gasteiger partial charge < -0.3 is 4.74 Å². The summed E-state index contributed by atoms with van der Waals surface area (Å²) < 4.78 is 5.83. The van der Waals surface area contributed by atoms with Gasteiger partial charge in [0, 0.05) is 5.56 Å². The molecule has 0 N–H and O–H groups in total. The number of methoxy groups -OCH3 is 1. The first-order valence-electron chi connectivity index (χ1n) is 4.91. The van der Waals surface area contributed by atoms with Crippen molar-refractivity contribution in [2.24, 2.45) is 0 Å². The molecule has 0 bridgehead atoms. The molecule has 2 aromatic rings. The Balaban J connectivity index is 2.40. The van der Waals surface area contributed by atoms with Gasteiger partial charge in [0.1, 0.15) is 12.6 Å². The lowest BCUT2D eigenvalue weighted by Crippen LogP contribution is -2.05. The lowest BCUT2D eigenvalue weighted by Gasteiger charge is -2.03. The lowest BCUT2D eigenvalue weighted by atomic mass is 10.2. The summed E-state index contributed by atoms with van der Waals surface area (Å²) in [6.07, 6.45) is 2.03. The third-order valence-corrected chi connectivity index (χ3v) is 2.52. The van der Waals surface area contributed by atoms with E-state index >= 15 is 0 Å². The first-order valence-corrected chi connectivity index (χ1v) is 5.28. The van der Waals surface area contributed by atoms with Crippen LogP contribution in [-0.2, 0) is 4.74 Å². The van der Waals surface area contributed by atoms with Crippen LogP contribution in [0, 0.1) is 0 Å². The average molecular weight is 266 g/mol. The van der Waals surface area contributed by atoms with Gasteiger partial charge in [0.25, 0.3) is 5.82 Å². The zero-order chi connectivity index (χ0) is 13.1. The van der Waals surface area contributed by atoms with Crippen LogP contribution in [0.2, 0.25) is 5.02 Å². The van der Waals surface area contributed by atoms with E-state index in [-0.39, 0.29) is 5.82 Å². The molecule has 0 spiro atoms. The van der Waals surface area contributed by atoms with Crippen LogP contribution in [0.25, 0.3) is 5.69 Å². The fourth-order valence-electron chi connectivity index (χ4n) is 1.35. The summed E-state index contributed by atoms with van der Waals surface area (Å²) in [6, 6.07) is 4.71. The number of halogens is 1. The Morgan fingerprint density at radius 1 is 1.50 bits per heavy atom. The molecule has 0 aliphatic carbocycles. The summed E-state index contributed by atoms with van der Waals surface area (Å²) in [5.74, 6) is -0.692. The maximum Gasteiger partial charge on any atom is 0.377 e. The van der Waals surface area contributed by atoms with Crippen LogP contribution in [0.1, 0.15) is 21.0 Å². The molecule has 0 aliphatic heterocycles. The molecule has 7 heteroatoms. The molecule has 0 fully saturated rings. The number of aldehydes is 1. The van der Waals surface area contributed by atoms with Crippen LogP contribution in [0.5, 0.6) is 0 Å². The van der Waals surface area contributed by atoms with Crippen molar-refractivity contribution in [3.05, 3.63) is 40.9 Å². The topological polar surface area (TPSA) is 74.1 Å². The van der Waals surface area contributed by atoms with Gasteiger partial charge in [-0.15, -0.1) is 5.10 Å². The summed E-state index contributed by atoms with van der Waals surface area (Å²) in [7, 11) is 1.24. The molecule has 0 aliphatic rings. The van der Waals surface area contributed by atoms with Crippen LogP contribution in [0.4, 0.5) is 0 Å². The largest absolute Gasteiger partial charge is 0.463 e. The second-order valence-electron chi connectivity index (χ2n) is 3.33. The van der Waals surface area contributed by atoms with Crippen molar-refractivity contribution in [2.75, 3.05) is 7.11 Å². The van der Waals surface area contributed by atoms with Gasteiger partial charge in [0.05, 0.1) is 17.8 Å². The standard InChI is InChI=1S/C11H8ClN3O3/c1-18-11(17)10-13-6-15(14-10)9-3-2-7(5-16)4-8(9)12/h2-6H,1H3. The maximum atomic E-state index is 11.2. The van der Waals surface area contributed by atoms with E-state index in [1.807, 2.05) is 0 Å². The van der Waals surface area contributed by atoms with Crippen molar-refractivity contribution in [1.29, 1.82) is 0 Å². The third kappa shape index (κ3) is 2.23. The number of carbonyl (C=O) groups is 2. The SMILES string of the molecule is COC(=O)c1ncn(-c2ccc(C=O)cc2Cl)n1. The molecule has 0 saturated heterocycles. The molecule has 6 nitrogen and oxygen atoms in total. The summed E-state index contributed by atoms with van der Waals surface area (Å²) in [5, 5.41) is 4.26. The monoisotopic (exact) mass is 265 g/mol. The summed E-state index contributed by atoms with van der Waals surface area (Å²) in [6.45, 7) is 0. The van der Waals surface area contributed by atoms with Gasteiger partial charge in [-0.2, -0.15) is 0 Å². The number of hydrogen-bond donors (Lipinski definition) is 0. The highest BCUT2D eigenvalue weighted by molar-refractivity contribution is 6.32. The first-order chi connectivity index (χ1) is 8.65. The molecule has 0 saturated carbocycles. The smallest absolute Gasteiger partial charge is 0.377 e. The molecular formula is C11H8ClN3O3. The van der Waals surface area contributed by atoms with E-state index in [1.54, 1.807) is 12.1 Å². The van der Waals surface area contributed by atoms with Crippen molar-refractivity contribution in [1.82, 2.24) is 14.8 Å². The van der Waals surface area contributed by atoms with Crippen molar-refractivity contribution >= 4 is 23.9 Å². The van der Waals surface area contributed by atoms with Crippen molar-refractivity contribution in [2.45, 2.75) is 0 Å². The second-order valence-corrected chi connectivity index (χ2v) is 3.74. The highest BCUT2D eigenvalue weighted by atomic mass is 35.5. The second kappa shape index (κ2) is 4.97. The minimum absolute atomic E-state index is 0.0620.